The topological polar surface area (TPSA) is 61.1 Å². The van der Waals surface area contributed by atoms with Crippen LogP contribution in [0.2, 0.25) is 0 Å². The number of nitriles is 1. The molecule has 0 aromatic rings. The van der Waals surface area contributed by atoms with Crippen molar-refractivity contribution in [2.75, 3.05) is 18.2 Å². The van der Waals surface area contributed by atoms with Crippen LogP contribution in [-0.2, 0) is 4.79 Å². The van der Waals surface area contributed by atoms with Gasteiger partial charge < -0.3 is 5.11 Å². The number of halogens is 1. The fraction of sp³-hybridized carbons (Fsp3) is 0.818. The molecule has 0 bridgehead atoms. The second-order valence-corrected chi connectivity index (χ2v) is 6.86. The maximum Gasteiger partial charge on any atom is 0.306 e. The van der Waals surface area contributed by atoms with Crippen LogP contribution in [0.4, 0.5) is 4.39 Å². The fourth-order valence-corrected chi connectivity index (χ4v) is 4.97. The number of hydrogen-bond acceptors (Lipinski definition) is 4. The van der Waals surface area contributed by atoms with Gasteiger partial charge in [-0.05, 0) is 17.9 Å². The van der Waals surface area contributed by atoms with Crippen molar-refractivity contribution in [1.82, 2.24) is 0 Å². The SMILES string of the molecule is CC(C(=O)O)C(CF)C(C#N)C1SCCCS1. The van der Waals surface area contributed by atoms with Crippen molar-refractivity contribution >= 4 is 29.5 Å². The second-order valence-electron chi connectivity index (χ2n) is 4.06. The molecule has 0 spiro atoms. The maximum absolute atomic E-state index is 13.0. The van der Waals surface area contributed by atoms with Gasteiger partial charge in [-0.1, -0.05) is 6.92 Å². The second kappa shape index (κ2) is 7.12. The molecule has 0 radical (unpaired) electrons. The molecule has 1 saturated heterocycles. The van der Waals surface area contributed by atoms with Crippen LogP contribution < -0.4 is 0 Å². The van der Waals surface area contributed by atoms with Gasteiger partial charge in [-0.2, -0.15) is 5.26 Å². The van der Waals surface area contributed by atoms with E-state index in [0.29, 0.717) is 0 Å². The molecule has 96 valence electrons. The van der Waals surface area contributed by atoms with Crippen LogP contribution in [0, 0.1) is 29.1 Å². The highest BCUT2D eigenvalue weighted by molar-refractivity contribution is 8.17. The van der Waals surface area contributed by atoms with Crippen LogP contribution in [-0.4, -0.2) is 33.8 Å². The van der Waals surface area contributed by atoms with Crippen LogP contribution in [0.25, 0.3) is 0 Å². The number of rotatable bonds is 5. The van der Waals surface area contributed by atoms with Gasteiger partial charge in [0.15, 0.2) is 0 Å². The highest BCUT2D eigenvalue weighted by Gasteiger charge is 2.37. The van der Waals surface area contributed by atoms with E-state index in [0.717, 1.165) is 17.9 Å². The van der Waals surface area contributed by atoms with Gasteiger partial charge >= 0.3 is 5.97 Å². The van der Waals surface area contributed by atoms with Gasteiger partial charge in [0.1, 0.15) is 0 Å². The van der Waals surface area contributed by atoms with E-state index < -0.39 is 30.4 Å². The number of nitrogens with zero attached hydrogens (tertiary/aromatic N) is 1. The van der Waals surface area contributed by atoms with Crippen LogP contribution in [0.3, 0.4) is 0 Å². The molecule has 1 rings (SSSR count). The summed E-state index contributed by atoms with van der Waals surface area (Å²) >= 11 is 3.30. The molecule has 0 aliphatic carbocycles. The summed E-state index contributed by atoms with van der Waals surface area (Å²) in [6.07, 6.45) is 1.10. The summed E-state index contributed by atoms with van der Waals surface area (Å²) in [6.45, 7) is 0.735. The monoisotopic (exact) mass is 277 g/mol. The summed E-state index contributed by atoms with van der Waals surface area (Å²) in [6, 6.07) is 2.11. The molecule has 0 aromatic carbocycles. The quantitative estimate of drug-likeness (QED) is 0.837. The Morgan fingerprint density at radius 2 is 2.18 bits per heavy atom. The fourth-order valence-electron chi connectivity index (χ4n) is 1.80. The molecule has 17 heavy (non-hydrogen) atoms. The zero-order valence-corrected chi connectivity index (χ0v) is 11.3. The lowest BCUT2D eigenvalue weighted by atomic mass is 9.85. The zero-order valence-electron chi connectivity index (χ0n) is 9.63. The first-order chi connectivity index (χ1) is 8.11. The van der Waals surface area contributed by atoms with Gasteiger partial charge in [0.25, 0.3) is 0 Å². The van der Waals surface area contributed by atoms with Gasteiger partial charge in [0.2, 0.25) is 0 Å². The van der Waals surface area contributed by atoms with Crippen molar-refractivity contribution in [3.05, 3.63) is 0 Å². The Kier molecular flexibility index (Phi) is 6.14. The van der Waals surface area contributed by atoms with E-state index in [4.69, 9.17) is 5.11 Å². The van der Waals surface area contributed by atoms with E-state index in [9.17, 15) is 14.4 Å². The highest BCUT2D eigenvalue weighted by atomic mass is 32.2. The van der Waals surface area contributed by atoms with E-state index in [1.807, 2.05) is 0 Å². The highest BCUT2D eigenvalue weighted by Crippen LogP contribution is 2.40. The summed E-state index contributed by atoms with van der Waals surface area (Å²) < 4.78 is 13.0. The number of alkyl halides is 1. The van der Waals surface area contributed by atoms with Crippen molar-refractivity contribution in [3.8, 4) is 6.07 Å². The third kappa shape index (κ3) is 3.78. The number of carboxylic acids is 1. The summed E-state index contributed by atoms with van der Waals surface area (Å²) in [5.74, 6) is -1.14. The van der Waals surface area contributed by atoms with Crippen LogP contribution >= 0.6 is 23.5 Å². The van der Waals surface area contributed by atoms with Crippen LogP contribution in [0.1, 0.15) is 13.3 Å². The average molecular weight is 277 g/mol. The number of carboxylic acid groups (broad SMARTS) is 1. The van der Waals surface area contributed by atoms with Crippen LogP contribution in [0.5, 0.6) is 0 Å². The Labute approximate surface area is 109 Å². The molecule has 6 heteroatoms. The van der Waals surface area contributed by atoms with E-state index in [2.05, 4.69) is 6.07 Å². The van der Waals surface area contributed by atoms with Crippen molar-refractivity contribution in [1.29, 1.82) is 5.26 Å². The Bertz CT molecular complexity index is 302. The summed E-state index contributed by atoms with van der Waals surface area (Å²) in [7, 11) is 0. The Morgan fingerprint density at radius 3 is 2.59 bits per heavy atom. The zero-order chi connectivity index (χ0) is 12.8. The van der Waals surface area contributed by atoms with Crippen molar-refractivity contribution < 1.29 is 14.3 Å². The van der Waals surface area contributed by atoms with Gasteiger partial charge in [-0.25, -0.2) is 0 Å². The first kappa shape index (κ1) is 14.7. The van der Waals surface area contributed by atoms with Gasteiger partial charge in [-0.15, -0.1) is 23.5 Å². The molecule has 3 nitrogen and oxygen atoms in total. The number of hydrogen-bond donors (Lipinski definition) is 1. The molecule has 1 aliphatic heterocycles. The number of aliphatic carboxylic acids is 1. The van der Waals surface area contributed by atoms with E-state index >= 15 is 0 Å². The molecular formula is C11H16FNO2S2. The average Bonchev–Trinajstić information content (AvgIpc) is 2.35. The normalized spacial score (nSPS) is 22.4. The molecule has 1 N–H and O–H groups in total. The Balaban J connectivity index is 2.75. The molecule has 1 aliphatic rings. The summed E-state index contributed by atoms with van der Waals surface area (Å²) in [5, 5.41) is 18.1. The smallest absolute Gasteiger partial charge is 0.306 e. The van der Waals surface area contributed by atoms with Gasteiger partial charge in [0.05, 0.1) is 29.2 Å². The molecule has 0 saturated carbocycles. The number of thioether (sulfide) groups is 2. The predicted octanol–water partition coefficient (Wildman–Crippen LogP) is 2.63. The van der Waals surface area contributed by atoms with Crippen LogP contribution in [0.15, 0.2) is 0 Å². The first-order valence-corrected chi connectivity index (χ1v) is 7.63. The molecular weight excluding hydrogens is 261 g/mol. The van der Waals surface area contributed by atoms with Crippen molar-refractivity contribution in [3.63, 3.8) is 0 Å². The lowest BCUT2D eigenvalue weighted by Gasteiger charge is -2.31. The molecule has 1 heterocycles. The first-order valence-electron chi connectivity index (χ1n) is 5.53. The molecule has 1 fully saturated rings. The minimum absolute atomic E-state index is 0.0105. The third-order valence-corrected chi connectivity index (χ3v) is 6.08. The van der Waals surface area contributed by atoms with Gasteiger partial charge in [-0.3, -0.25) is 9.18 Å². The van der Waals surface area contributed by atoms with E-state index in [1.165, 1.54) is 6.92 Å². The van der Waals surface area contributed by atoms with E-state index in [-0.39, 0.29) is 4.58 Å². The largest absolute Gasteiger partial charge is 0.481 e. The number of carbonyl (C=O) groups is 1. The van der Waals surface area contributed by atoms with Gasteiger partial charge in [0, 0.05) is 5.92 Å². The Morgan fingerprint density at radius 1 is 1.59 bits per heavy atom. The molecule has 3 unspecified atom stereocenters. The molecule has 0 amide bonds. The lowest BCUT2D eigenvalue weighted by molar-refractivity contribution is -0.143. The molecule has 3 atom stereocenters. The predicted molar refractivity (Wildman–Crippen MR) is 68.7 cm³/mol. The minimum Gasteiger partial charge on any atom is -0.481 e. The third-order valence-electron chi connectivity index (χ3n) is 2.97. The van der Waals surface area contributed by atoms with E-state index in [1.54, 1.807) is 23.5 Å². The summed E-state index contributed by atoms with van der Waals surface area (Å²) in [5.41, 5.74) is 0. The summed E-state index contributed by atoms with van der Waals surface area (Å²) in [4.78, 5) is 10.9. The maximum atomic E-state index is 13.0. The van der Waals surface area contributed by atoms with Crippen molar-refractivity contribution in [2.45, 2.75) is 17.9 Å². The van der Waals surface area contributed by atoms with Crippen molar-refractivity contribution in [2.24, 2.45) is 17.8 Å². The minimum atomic E-state index is -1.03. The Hall–Kier alpha value is -0.410. The standard InChI is InChI=1S/C11H16FNO2S2/c1-7(10(14)15)8(5-12)9(6-13)11-16-3-2-4-17-11/h7-9,11H,2-5H2,1H3,(H,14,15). The lowest BCUT2D eigenvalue weighted by Crippen LogP contribution is -2.34. The molecule has 0 aromatic heterocycles.